The molecule has 1 heterocycles. The summed E-state index contributed by atoms with van der Waals surface area (Å²) in [5, 5.41) is 3.08. The van der Waals surface area contributed by atoms with Crippen LogP contribution in [0.15, 0.2) is 6.07 Å². The quantitative estimate of drug-likeness (QED) is 0.800. The lowest BCUT2D eigenvalue weighted by Crippen LogP contribution is -2.12. The normalized spacial score (nSPS) is 12.8. The summed E-state index contributed by atoms with van der Waals surface area (Å²) in [7, 11) is 1.91. The van der Waals surface area contributed by atoms with Gasteiger partial charge in [-0.25, -0.2) is 9.97 Å². The SMILES string of the molecule is CCOC(C)c1nc(C)cc(CNC)n1. The Morgan fingerprint density at radius 1 is 1.47 bits per heavy atom. The van der Waals surface area contributed by atoms with Crippen LogP contribution in [0, 0.1) is 6.92 Å². The van der Waals surface area contributed by atoms with Gasteiger partial charge in [0, 0.05) is 18.8 Å². The van der Waals surface area contributed by atoms with Crippen molar-refractivity contribution in [2.75, 3.05) is 13.7 Å². The molecule has 1 unspecified atom stereocenters. The lowest BCUT2D eigenvalue weighted by Gasteiger charge is -2.12. The molecule has 0 saturated carbocycles. The van der Waals surface area contributed by atoms with Crippen LogP contribution >= 0.6 is 0 Å². The molecule has 0 aliphatic rings. The number of aryl methyl sites for hydroxylation is 1. The fourth-order valence-corrected chi connectivity index (χ4v) is 1.44. The Balaban J connectivity index is 2.87. The lowest BCUT2D eigenvalue weighted by molar-refractivity contribution is 0.0697. The van der Waals surface area contributed by atoms with E-state index in [1.807, 2.05) is 33.9 Å². The number of hydrogen-bond acceptors (Lipinski definition) is 4. The Bertz CT molecular complexity index is 315. The Labute approximate surface area is 91.1 Å². The Morgan fingerprint density at radius 3 is 2.80 bits per heavy atom. The second kappa shape index (κ2) is 5.78. The zero-order chi connectivity index (χ0) is 11.3. The molecule has 0 radical (unpaired) electrons. The summed E-state index contributed by atoms with van der Waals surface area (Å²) in [5.74, 6) is 0.766. The van der Waals surface area contributed by atoms with Crippen molar-refractivity contribution >= 4 is 0 Å². The highest BCUT2D eigenvalue weighted by atomic mass is 16.5. The van der Waals surface area contributed by atoms with Crippen molar-refractivity contribution in [3.8, 4) is 0 Å². The summed E-state index contributed by atoms with van der Waals surface area (Å²) in [6, 6.07) is 1.98. The summed E-state index contributed by atoms with van der Waals surface area (Å²) < 4.78 is 5.47. The Morgan fingerprint density at radius 2 is 2.20 bits per heavy atom. The molecule has 1 atom stereocenters. The van der Waals surface area contributed by atoms with E-state index in [0.29, 0.717) is 6.61 Å². The van der Waals surface area contributed by atoms with Crippen LogP contribution in [-0.2, 0) is 11.3 Å². The molecule has 84 valence electrons. The molecular weight excluding hydrogens is 190 g/mol. The van der Waals surface area contributed by atoms with E-state index >= 15 is 0 Å². The van der Waals surface area contributed by atoms with Crippen LogP contribution in [0.4, 0.5) is 0 Å². The van der Waals surface area contributed by atoms with Crippen molar-refractivity contribution in [2.45, 2.75) is 33.4 Å². The molecule has 0 spiro atoms. The van der Waals surface area contributed by atoms with E-state index in [1.54, 1.807) is 0 Å². The van der Waals surface area contributed by atoms with E-state index in [4.69, 9.17) is 4.74 Å². The monoisotopic (exact) mass is 209 g/mol. The molecule has 0 aliphatic heterocycles. The number of nitrogens with zero attached hydrogens (tertiary/aromatic N) is 2. The Kier molecular flexibility index (Phi) is 4.65. The Hall–Kier alpha value is -1.00. The van der Waals surface area contributed by atoms with Crippen molar-refractivity contribution < 1.29 is 4.74 Å². The first-order chi connectivity index (χ1) is 7.17. The van der Waals surface area contributed by atoms with Gasteiger partial charge in [-0.15, -0.1) is 0 Å². The van der Waals surface area contributed by atoms with Crippen LogP contribution in [0.25, 0.3) is 0 Å². The van der Waals surface area contributed by atoms with Crippen molar-refractivity contribution in [1.29, 1.82) is 0 Å². The van der Waals surface area contributed by atoms with Gasteiger partial charge in [0.05, 0.1) is 5.69 Å². The predicted octanol–water partition coefficient (Wildman–Crippen LogP) is 1.60. The van der Waals surface area contributed by atoms with Crippen LogP contribution < -0.4 is 5.32 Å². The molecule has 0 bridgehead atoms. The smallest absolute Gasteiger partial charge is 0.157 e. The van der Waals surface area contributed by atoms with E-state index in [-0.39, 0.29) is 6.10 Å². The summed E-state index contributed by atoms with van der Waals surface area (Å²) >= 11 is 0. The minimum atomic E-state index is -0.0366. The first-order valence-corrected chi connectivity index (χ1v) is 5.28. The molecular formula is C11H19N3O. The third-order valence-electron chi connectivity index (χ3n) is 2.06. The van der Waals surface area contributed by atoms with Crippen molar-refractivity contribution in [1.82, 2.24) is 15.3 Å². The number of ether oxygens (including phenoxy) is 1. The second-order valence-electron chi connectivity index (χ2n) is 3.49. The van der Waals surface area contributed by atoms with Gasteiger partial charge in [-0.3, -0.25) is 0 Å². The molecule has 0 fully saturated rings. The van der Waals surface area contributed by atoms with Crippen LogP contribution in [0.5, 0.6) is 0 Å². The van der Waals surface area contributed by atoms with Gasteiger partial charge in [0.25, 0.3) is 0 Å². The van der Waals surface area contributed by atoms with Crippen LogP contribution in [-0.4, -0.2) is 23.6 Å². The number of nitrogens with one attached hydrogen (secondary N) is 1. The van der Waals surface area contributed by atoms with E-state index in [9.17, 15) is 0 Å². The van der Waals surface area contributed by atoms with Crippen LogP contribution in [0.2, 0.25) is 0 Å². The van der Waals surface area contributed by atoms with Gasteiger partial charge in [0.15, 0.2) is 5.82 Å². The van der Waals surface area contributed by atoms with E-state index in [0.717, 1.165) is 23.8 Å². The van der Waals surface area contributed by atoms with Crippen LogP contribution in [0.3, 0.4) is 0 Å². The highest BCUT2D eigenvalue weighted by molar-refractivity contribution is 5.11. The third-order valence-corrected chi connectivity index (χ3v) is 2.06. The third kappa shape index (κ3) is 3.57. The largest absolute Gasteiger partial charge is 0.371 e. The zero-order valence-electron chi connectivity index (χ0n) is 9.87. The molecule has 1 rings (SSSR count). The van der Waals surface area contributed by atoms with Gasteiger partial charge in [-0.05, 0) is 33.9 Å². The van der Waals surface area contributed by atoms with Crippen molar-refractivity contribution in [3.63, 3.8) is 0 Å². The van der Waals surface area contributed by atoms with Crippen LogP contribution in [0.1, 0.15) is 37.2 Å². The minimum Gasteiger partial charge on any atom is -0.371 e. The van der Waals surface area contributed by atoms with Gasteiger partial charge in [-0.2, -0.15) is 0 Å². The van der Waals surface area contributed by atoms with Crippen molar-refractivity contribution in [2.24, 2.45) is 0 Å². The van der Waals surface area contributed by atoms with Gasteiger partial charge < -0.3 is 10.1 Å². The maximum atomic E-state index is 5.47. The topological polar surface area (TPSA) is 47.0 Å². The van der Waals surface area contributed by atoms with Gasteiger partial charge in [-0.1, -0.05) is 0 Å². The average molecular weight is 209 g/mol. The zero-order valence-corrected chi connectivity index (χ0v) is 9.87. The molecule has 0 saturated heterocycles. The molecule has 4 nitrogen and oxygen atoms in total. The van der Waals surface area contributed by atoms with Crippen molar-refractivity contribution in [3.05, 3.63) is 23.3 Å². The second-order valence-corrected chi connectivity index (χ2v) is 3.49. The summed E-state index contributed by atoms with van der Waals surface area (Å²) in [4.78, 5) is 8.81. The lowest BCUT2D eigenvalue weighted by atomic mass is 10.3. The summed E-state index contributed by atoms with van der Waals surface area (Å²) in [5.41, 5.74) is 1.99. The highest BCUT2D eigenvalue weighted by Crippen LogP contribution is 2.13. The molecule has 1 aromatic rings. The number of hydrogen-bond donors (Lipinski definition) is 1. The molecule has 0 aromatic carbocycles. The number of aromatic nitrogens is 2. The summed E-state index contributed by atoms with van der Waals surface area (Å²) in [6.07, 6.45) is -0.0366. The molecule has 0 amide bonds. The molecule has 1 N–H and O–H groups in total. The van der Waals surface area contributed by atoms with Gasteiger partial charge in [0.1, 0.15) is 6.10 Å². The fraction of sp³-hybridized carbons (Fsp3) is 0.636. The first kappa shape index (κ1) is 12.1. The summed E-state index contributed by atoms with van der Waals surface area (Å²) in [6.45, 7) is 7.36. The predicted molar refractivity (Wildman–Crippen MR) is 59.6 cm³/mol. The van der Waals surface area contributed by atoms with E-state index in [1.165, 1.54) is 0 Å². The average Bonchev–Trinajstić information content (AvgIpc) is 2.17. The molecule has 1 aromatic heterocycles. The minimum absolute atomic E-state index is 0.0366. The standard InChI is InChI=1S/C11H19N3O/c1-5-15-9(3)11-13-8(2)6-10(14-11)7-12-4/h6,9,12H,5,7H2,1-4H3. The maximum Gasteiger partial charge on any atom is 0.157 e. The first-order valence-electron chi connectivity index (χ1n) is 5.28. The van der Waals surface area contributed by atoms with E-state index in [2.05, 4.69) is 15.3 Å². The molecule has 15 heavy (non-hydrogen) atoms. The fourth-order valence-electron chi connectivity index (χ4n) is 1.44. The highest BCUT2D eigenvalue weighted by Gasteiger charge is 2.09. The van der Waals surface area contributed by atoms with Gasteiger partial charge in [0.2, 0.25) is 0 Å². The molecule has 0 aliphatic carbocycles. The molecule has 4 heteroatoms. The maximum absolute atomic E-state index is 5.47. The van der Waals surface area contributed by atoms with Gasteiger partial charge >= 0.3 is 0 Å². The number of rotatable bonds is 5. The van der Waals surface area contributed by atoms with E-state index < -0.39 is 0 Å².